The zero-order chi connectivity index (χ0) is 12.4. The number of rotatable bonds is 5. The van der Waals surface area contributed by atoms with Gasteiger partial charge in [-0.25, -0.2) is 4.39 Å². The molecule has 0 radical (unpaired) electrons. The lowest BCUT2D eigenvalue weighted by Gasteiger charge is -2.15. The molecule has 0 bridgehead atoms. The molecule has 2 rings (SSSR count). The Morgan fingerprint density at radius 1 is 1.59 bits per heavy atom. The molecule has 4 heteroatoms. The lowest BCUT2D eigenvalue weighted by Crippen LogP contribution is -2.30. The predicted octanol–water partition coefficient (Wildman–Crippen LogP) is 2.26. The Hall–Kier alpha value is -1.42. The number of aliphatic carboxylic acids is 1. The number of benzene rings is 1. The molecule has 0 aromatic heterocycles. The number of hydrogen-bond acceptors (Lipinski definition) is 2. The third-order valence-electron chi connectivity index (χ3n) is 3.08. The molecule has 0 amide bonds. The predicted molar refractivity (Wildman–Crippen MR) is 62.2 cm³/mol. The average Bonchev–Trinajstić information content (AvgIpc) is 3.07. The van der Waals surface area contributed by atoms with Gasteiger partial charge in [0.1, 0.15) is 11.9 Å². The number of carboxylic acid groups (broad SMARTS) is 1. The van der Waals surface area contributed by atoms with Crippen LogP contribution >= 0.6 is 0 Å². The van der Waals surface area contributed by atoms with Crippen LogP contribution in [0, 0.1) is 18.7 Å². The van der Waals surface area contributed by atoms with Crippen LogP contribution in [0.3, 0.4) is 0 Å². The molecule has 1 saturated carbocycles. The minimum Gasteiger partial charge on any atom is -0.480 e. The van der Waals surface area contributed by atoms with Crippen LogP contribution in [0.15, 0.2) is 18.2 Å². The second-order valence-corrected chi connectivity index (χ2v) is 4.63. The molecule has 1 unspecified atom stereocenters. The molecule has 3 nitrogen and oxygen atoms in total. The molecule has 92 valence electrons. The maximum absolute atomic E-state index is 13.4. The van der Waals surface area contributed by atoms with Gasteiger partial charge in [0.25, 0.3) is 0 Å². The van der Waals surface area contributed by atoms with Gasteiger partial charge in [0.2, 0.25) is 0 Å². The average molecular weight is 237 g/mol. The highest BCUT2D eigenvalue weighted by Gasteiger charge is 2.26. The first-order valence-corrected chi connectivity index (χ1v) is 5.80. The molecule has 17 heavy (non-hydrogen) atoms. The maximum atomic E-state index is 13.4. The van der Waals surface area contributed by atoms with E-state index in [1.165, 1.54) is 6.07 Å². The monoisotopic (exact) mass is 237 g/mol. The van der Waals surface area contributed by atoms with Gasteiger partial charge in [0.05, 0.1) is 0 Å². The largest absolute Gasteiger partial charge is 0.480 e. The van der Waals surface area contributed by atoms with E-state index in [1.807, 2.05) is 0 Å². The lowest BCUT2D eigenvalue weighted by atomic mass is 10.0. The molecule has 2 N–H and O–H groups in total. The van der Waals surface area contributed by atoms with Crippen molar-refractivity contribution < 1.29 is 14.3 Å². The van der Waals surface area contributed by atoms with E-state index in [-0.39, 0.29) is 5.82 Å². The van der Waals surface area contributed by atoms with Crippen molar-refractivity contribution in [3.05, 3.63) is 35.1 Å². The summed E-state index contributed by atoms with van der Waals surface area (Å²) in [6, 6.07) is 3.76. The summed E-state index contributed by atoms with van der Waals surface area (Å²) >= 11 is 0. The number of hydrogen-bond donors (Lipinski definition) is 2. The second-order valence-electron chi connectivity index (χ2n) is 4.63. The Bertz CT molecular complexity index is 429. The Kier molecular flexibility index (Phi) is 3.43. The Labute approximate surface area is 99.7 Å². The van der Waals surface area contributed by atoms with Gasteiger partial charge in [0.15, 0.2) is 0 Å². The van der Waals surface area contributed by atoms with E-state index in [0.717, 1.165) is 12.8 Å². The number of nitrogens with one attached hydrogen (secondary N) is 1. The molecule has 0 spiro atoms. The van der Waals surface area contributed by atoms with Crippen LogP contribution in [0.25, 0.3) is 0 Å². The van der Waals surface area contributed by atoms with Crippen LogP contribution in [0.4, 0.5) is 4.39 Å². The standard InChI is InChI=1S/C13H16FNO2/c1-8-2-5-10(6-11(8)14)12(13(16)17)15-7-9-3-4-9/h2,5-6,9,12,15H,3-4,7H2,1H3,(H,16,17). The number of carbonyl (C=O) groups is 1. The van der Waals surface area contributed by atoms with E-state index < -0.39 is 12.0 Å². The van der Waals surface area contributed by atoms with Gasteiger partial charge in [-0.15, -0.1) is 0 Å². The molecule has 1 fully saturated rings. The molecule has 0 aliphatic heterocycles. The fraction of sp³-hybridized carbons (Fsp3) is 0.462. The van der Waals surface area contributed by atoms with Gasteiger partial charge < -0.3 is 10.4 Å². The molecule has 1 aliphatic rings. The van der Waals surface area contributed by atoms with Crippen molar-refractivity contribution in [3.63, 3.8) is 0 Å². The zero-order valence-corrected chi connectivity index (χ0v) is 9.74. The summed E-state index contributed by atoms with van der Waals surface area (Å²) in [7, 11) is 0. The second kappa shape index (κ2) is 4.84. The highest BCUT2D eigenvalue weighted by molar-refractivity contribution is 5.75. The van der Waals surface area contributed by atoms with E-state index >= 15 is 0 Å². The molecular formula is C13H16FNO2. The summed E-state index contributed by atoms with van der Waals surface area (Å²) in [4.78, 5) is 11.1. The number of aryl methyl sites for hydroxylation is 1. The highest BCUT2D eigenvalue weighted by atomic mass is 19.1. The molecule has 1 atom stereocenters. The third kappa shape index (κ3) is 3.03. The van der Waals surface area contributed by atoms with Crippen LogP contribution in [-0.4, -0.2) is 17.6 Å². The van der Waals surface area contributed by atoms with Gasteiger partial charge in [-0.05, 0) is 49.4 Å². The van der Waals surface area contributed by atoms with E-state index in [2.05, 4.69) is 5.32 Å². The first-order valence-electron chi connectivity index (χ1n) is 5.80. The van der Waals surface area contributed by atoms with Gasteiger partial charge in [-0.1, -0.05) is 12.1 Å². The summed E-state index contributed by atoms with van der Waals surface area (Å²) in [5.74, 6) is -0.733. The first kappa shape index (κ1) is 12.0. The summed E-state index contributed by atoms with van der Waals surface area (Å²) < 4.78 is 13.4. The van der Waals surface area contributed by atoms with Gasteiger partial charge >= 0.3 is 5.97 Å². The van der Waals surface area contributed by atoms with Gasteiger partial charge in [-0.2, -0.15) is 0 Å². The quantitative estimate of drug-likeness (QED) is 0.825. The van der Waals surface area contributed by atoms with Crippen LogP contribution in [-0.2, 0) is 4.79 Å². The Balaban J connectivity index is 2.12. The highest BCUT2D eigenvalue weighted by Crippen LogP contribution is 2.28. The number of carboxylic acids is 1. The Morgan fingerprint density at radius 3 is 2.82 bits per heavy atom. The number of halogens is 1. The van der Waals surface area contributed by atoms with Crippen LogP contribution in [0.2, 0.25) is 0 Å². The van der Waals surface area contributed by atoms with Crippen molar-refractivity contribution in [2.45, 2.75) is 25.8 Å². The van der Waals surface area contributed by atoms with Crippen LogP contribution in [0.5, 0.6) is 0 Å². The SMILES string of the molecule is Cc1ccc(C(NCC2CC2)C(=O)O)cc1F. The van der Waals surface area contributed by atoms with E-state index in [9.17, 15) is 9.18 Å². The van der Waals surface area contributed by atoms with Crippen molar-refractivity contribution >= 4 is 5.97 Å². The molecule has 0 saturated heterocycles. The van der Waals surface area contributed by atoms with Crippen molar-refractivity contribution in [1.29, 1.82) is 0 Å². The minimum atomic E-state index is -0.964. The molecule has 1 aliphatic carbocycles. The maximum Gasteiger partial charge on any atom is 0.325 e. The van der Waals surface area contributed by atoms with Gasteiger partial charge in [0, 0.05) is 0 Å². The van der Waals surface area contributed by atoms with Crippen molar-refractivity contribution in [3.8, 4) is 0 Å². The normalized spacial score (nSPS) is 16.8. The summed E-state index contributed by atoms with van der Waals surface area (Å²) in [6.45, 7) is 2.35. The van der Waals surface area contributed by atoms with Crippen LogP contribution in [0.1, 0.15) is 30.0 Å². The fourth-order valence-electron chi connectivity index (χ4n) is 1.74. The molecular weight excluding hydrogens is 221 g/mol. The fourth-order valence-corrected chi connectivity index (χ4v) is 1.74. The summed E-state index contributed by atoms with van der Waals surface area (Å²) in [5, 5.41) is 12.1. The van der Waals surface area contributed by atoms with E-state index in [0.29, 0.717) is 23.6 Å². The first-order chi connectivity index (χ1) is 8.08. The Morgan fingerprint density at radius 2 is 2.29 bits per heavy atom. The zero-order valence-electron chi connectivity index (χ0n) is 9.74. The molecule has 1 aromatic carbocycles. The lowest BCUT2D eigenvalue weighted by molar-refractivity contribution is -0.139. The van der Waals surface area contributed by atoms with Crippen LogP contribution < -0.4 is 5.32 Å². The van der Waals surface area contributed by atoms with Gasteiger partial charge in [-0.3, -0.25) is 4.79 Å². The molecule has 0 heterocycles. The van der Waals surface area contributed by atoms with Crippen molar-refractivity contribution in [2.75, 3.05) is 6.54 Å². The summed E-state index contributed by atoms with van der Waals surface area (Å²) in [6.07, 6.45) is 2.31. The van der Waals surface area contributed by atoms with Crippen molar-refractivity contribution in [1.82, 2.24) is 5.32 Å². The third-order valence-corrected chi connectivity index (χ3v) is 3.08. The van der Waals surface area contributed by atoms with E-state index in [1.54, 1.807) is 19.1 Å². The molecule has 1 aromatic rings. The summed E-state index contributed by atoms with van der Waals surface area (Å²) in [5.41, 5.74) is 1.00. The van der Waals surface area contributed by atoms with E-state index in [4.69, 9.17) is 5.11 Å². The topological polar surface area (TPSA) is 49.3 Å². The van der Waals surface area contributed by atoms with Crippen molar-refractivity contribution in [2.24, 2.45) is 5.92 Å². The smallest absolute Gasteiger partial charge is 0.325 e. The minimum absolute atomic E-state index is 0.359.